The summed E-state index contributed by atoms with van der Waals surface area (Å²) in [4.78, 5) is 0. The average Bonchev–Trinajstić information content (AvgIpc) is 2.29. The molecule has 2 N–H and O–H groups in total. The molecular weight excluding hydrogens is 241 g/mol. The van der Waals surface area contributed by atoms with Gasteiger partial charge in [-0.05, 0) is 35.9 Å². The molecular formula is C13H11ClFNO. The van der Waals surface area contributed by atoms with E-state index < -0.39 is 0 Å². The van der Waals surface area contributed by atoms with Crippen LogP contribution in [0.4, 0.5) is 10.1 Å². The van der Waals surface area contributed by atoms with Crippen molar-refractivity contribution < 1.29 is 9.13 Å². The molecule has 0 heterocycles. The van der Waals surface area contributed by atoms with Crippen molar-refractivity contribution in [3.8, 4) is 16.9 Å². The van der Waals surface area contributed by atoms with Gasteiger partial charge in [-0.2, -0.15) is 0 Å². The number of halogens is 2. The van der Waals surface area contributed by atoms with Gasteiger partial charge in [-0.1, -0.05) is 17.7 Å². The fourth-order valence-corrected chi connectivity index (χ4v) is 1.89. The predicted molar refractivity (Wildman–Crippen MR) is 67.8 cm³/mol. The molecule has 0 saturated heterocycles. The normalized spacial score (nSPS) is 10.3. The number of methoxy groups -OCH3 is 1. The minimum Gasteiger partial charge on any atom is -0.495 e. The molecule has 0 radical (unpaired) electrons. The van der Waals surface area contributed by atoms with Crippen LogP contribution in [0.3, 0.4) is 0 Å². The summed E-state index contributed by atoms with van der Waals surface area (Å²) < 4.78 is 18.0. The van der Waals surface area contributed by atoms with Crippen molar-refractivity contribution >= 4 is 17.3 Å². The molecule has 88 valence electrons. The molecule has 0 unspecified atom stereocenters. The molecule has 4 heteroatoms. The van der Waals surface area contributed by atoms with Crippen molar-refractivity contribution in [3.63, 3.8) is 0 Å². The molecule has 2 aromatic carbocycles. The Morgan fingerprint density at radius 1 is 1.18 bits per heavy atom. The molecule has 0 atom stereocenters. The van der Waals surface area contributed by atoms with E-state index in [4.69, 9.17) is 22.1 Å². The highest BCUT2D eigenvalue weighted by Gasteiger charge is 2.07. The SMILES string of the molecule is COc1ccc(-c2ccc(F)cc2N)cc1Cl. The zero-order chi connectivity index (χ0) is 12.4. The summed E-state index contributed by atoms with van der Waals surface area (Å²) in [5.41, 5.74) is 7.71. The zero-order valence-corrected chi connectivity index (χ0v) is 9.96. The third-order valence-electron chi connectivity index (χ3n) is 2.48. The Bertz CT molecular complexity index is 557. The summed E-state index contributed by atoms with van der Waals surface area (Å²) in [5.74, 6) is 0.238. The van der Waals surface area contributed by atoms with E-state index in [2.05, 4.69) is 0 Å². The molecule has 0 fully saturated rings. The first-order valence-corrected chi connectivity index (χ1v) is 5.38. The van der Waals surface area contributed by atoms with Gasteiger partial charge in [0.15, 0.2) is 0 Å². The van der Waals surface area contributed by atoms with Crippen LogP contribution >= 0.6 is 11.6 Å². The van der Waals surface area contributed by atoms with Gasteiger partial charge in [0.1, 0.15) is 11.6 Å². The maximum Gasteiger partial charge on any atom is 0.137 e. The van der Waals surface area contributed by atoms with Gasteiger partial charge in [-0.3, -0.25) is 0 Å². The van der Waals surface area contributed by atoms with Crippen LogP contribution in [-0.4, -0.2) is 7.11 Å². The van der Waals surface area contributed by atoms with E-state index in [1.165, 1.54) is 12.1 Å². The predicted octanol–water partition coefficient (Wildman–Crippen LogP) is 3.74. The Kier molecular flexibility index (Phi) is 3.20. The number of hydrogen-bond acceptors (Lipinski definition) is 2. The lowest BCUT2D eigenvalue weighted by atomic mass is 10.0. The Labute approximate surface area is 104 Å². The Balaban J connectivity index is 2.50. The summed E-state index contributed by atoms with van der Waals surface area (Å²) in [6, 6.07) is 9.60. The van der Waals surface area contributed by atoms with Crippen LogP contribution < -0.4 is 10.5 Å². The van der Waals surface area contributed by atoms with E-state index in [-0.39, 0.29) is 5.82 Å². The molecule has 2 aromatic rings. The van der Waals surface area contributed by atoms with Gasteiger partial charge in [-0.25, -0.2) is 4.39 Å². The Morgan fingerprint density at radius 3 is 2.53 bits per heavy atom. The summed E-state index contributed by atoms with van der Waals surface area (Å²) in [6.07, 6.45) is 0. The van der Waals surface area contributed by atoms with Gasteiger partial charge in [0.25, 0.3) is 0 Å². The van der Waals surface area contributed by atoms with Gasteiger partial charge >= 0.3 is 0 Å². The molecule has 0 saturated carbocycles. The third-order valence-corrected chi connectivity index (χ3v) is 2.77. The minimum atomic E-state index is -0.356. The molecule has 0 amide bonds. The number of nitrogens with two attached hydrogens (primary N) is 1. The van der Waals surface area contributed by atoms with Crippen molar-refractivity contribution in [2.24, 2.45) is 0 Å². The molecule has 17 heavy (non-hydrogen) atoms. The monoisotopic (exact) mass is 251 g/mol. The lowest BCUT2D eigenvalue weighted by Gasteiger charge is -2.08. The second-order valence-electron chi connectivity index (χ2n) is 3.58. The number of rotatable bonds is 2. The summed E-state index contributed by atoms with van der Waals surface area (Å²) in [5, 5.41) is 0.494. The topological polar surface area (TPSA) is 35.2 Å². The lowest BCUT2D eigenvalue weighted by Crippen LogP contribution is -1.92. The number of nitrogen functional groups attached to an aromatic ring is 1. The second kappa shape index (κ2) is 4.63. The minimum absolute atomic E-state index is 0.356. The van der Waals surface area contributed by atoms with Crippen LogP contribution in [0.1, 0.15) is 0 Å². The van der Waals surface area contributed by atoms with E-state index in [0.717, 1.165) is 11.1 Å². The molecule has 0 aliphatic rings. The first kappa shape index (κ1) is 11.7. The largest absolute Gasteiger partial charge is 0.495 e. The number of anilines is 1. The van der Waals surface area contributed by atoms with Gasteiger partial charge in [0, 0.05) is 11.3 Å². The van der Waals surface area contributed by atoms with Crippen LogP contribution in [0.25, 0.3) is 11.1 Å². The van der Waals surface area contributed by atoms with Crippen LogP contribution in [0.2, 0.25) is 5.02 Å². The highest BCUT2D eigenvalue weighted by Crippen LogP contribution is 2.32. The second-order valence-corrected chi connectivity index (χ2v) is 3.99. The maximum absolute atomic E-state index is 12.9. The first-order valence-electron chi connectivity index (χ1n) is 5.01. The molecule has 0 aliphatic carbocycles. The summed E-state index contributed by atoms with van der Waals surface area (Å²) in [6.45, 7) is 0. The summed E-state index contributed by atoms with van der Waals surface area (Å²) in [7, 11) is 1.55. The summed E-state index contributed by atoms with van der Waals surface area (Å²) >= 11 is 6.02. The molecule has 2 rings (SSSR count). The van der Waals surface area contributed by atoms with Gasteiger partial charge in [-0.15, -0.1) is 0 Å². The van der Waals surface area contributed by atoms with E-state index in [0.29, 0.717) is 16.5 Å². The standard InChI is InChI=1S/C13H11ClFNO/c1-17-13-5-2-8(6-11(13)14)10-4-3-9(15)7-12(10)16/h2-7H,16H2,1H3. The van der Waals surface area contributed by atoms with Crippen LogP contribution in [0.5, 0.6) is 5.75 Å². The van der Waals surface area contributed by atoms with Crippen LogP contribution in [0, 0.1) is 5.82 Å². The molecule has 0 spiro atoms. The highest BCUT2D eigenvalue weighted by molar-refractivity contribution is 6.32. The highest BCUT2D eigenvalue weighted by atomic mass is 35.5. The number of ether oxygens (including phenoxy) is 1. The molecule has 0 bridgehead atoms. The van der Waals surface area contributed by atoms with Crippen molar-refractivity contribution in [3.05, 3.63) is 47.2 Å². The van der Waals surface area contributed by atoms with Crippen LogP contribution in [-0.2, 0) is 0 Å². The van der Waals surface area contributed by atoms with E-state index >= 15 is 0 Å². The smallest absolute Gasteiger partial charge is 0.137 e. The van der Waals surface area contributed by atoms with Crippen molar-refractivity contribution in [2.75, 3.05) is 12.8 Å². The molecule has 0 aliphatic heterocycles. The fraction of sp³-hybridized carbons (Fsp3) is 0.0769. The van der Waals surface area contributed by atoms with Crippen LogP contribution in [0.15, 0.2) is 36.4 Å². The van der Waals surface area contributed by atoms with Crippen molar-refractivity contribution in [1.29, 1.82) is 0 Å². The Morgan fingerprint density at radius 2 is 1.94 bits per heavy atom. The van der Waals surface area contributed by atoms with E-state index in [1.807, 2.05) is 6.07 Å². The molecule has 0 aromatic heterocycles. The molecule has 2 nitrogen and oxygen atoms in total. The zero-order valence-electron chi connectivity index (χ0n) is 9.21. The Hall–Kier alpha value is -1.74. The van der Waals surface area contributed by atoms with Gasteiger partial charge < -0.3 is 10.5 Å². The fourth-order valence-electron chi connectivity index (χ4n) is 1.63. The van der Waals surface area contributed by atoms with Gasteiger partial charge in [0.2, 0.25) is 0 Å². The maximum atomic E-state index is 12.9. The van der Waals surface area contributed by atoms with Crippen molar-refractivity contribution in [1.82, 2.24) is 0 Å². The quantitative estimate of drug-likeness (QED) is 0.826. The lowest BCUT2D eigenvalue weighted by molar-refractivity contribution is 0.415. The van der Waals surface area contributed by atoms with E-state index in [1.54, 1.807) is 25.3 Å². The third kappa shape index (κ3) is 2.34. The van der Waals surface area contributed by atoms with E-state index in [9.17, 15) is 4.39 Å². The van der Waals surface area contributed by atoms with Crippen molar-refractivity contribution in [2.45, 2.75) is 0 Å². The number of benzene rings is 2. The number of hydrogen-bond donors (Lipinski definition) is 1. The first-order chi connectivity index (χ1) is 8.11. The van der Waals surface area contributed by atoms with Gasteiger partial charge in [0.05, 0.1) is 12.1 Å². The average molecular weight is 252 g/mol.